The smallest absolute Gasteiger partial charge is 0.355 e. The van der Waals surface area contributed by atoms with Crippen LogP contribution in [0.4, 0.5) is 14.5 Å². The number of fused-ring (bicyclic) bond motifs is 1. The molecule has 0 spiro atoms. The van der Waals surface area contributed by atoms with E-state index in [1.807, 2.05) is 18.2 Å². The number of ether oxygens (including phenoxy) is 1. The van der Waals surface area contributed by atoms with Crippen LogP contribution >= 0.6 is 0 Å². The lowest BCUT2D eigenvalue weighted by Crippen LogP contribution is -2.30. The number of para-hydroxylation sites is 1. The molecule has 7 heteroatoms. The van der Waals surface area contributed by atoms with Crippen LogP contribution in [0.1, 0.15) is 17.4 Å². The molecule has 0 bridgehead atoms. The average molecular weight is 344 g/mol. The molecule has 0 aliphatic rings. The summed E-state index contributed by atoms with van der Waals surface area (Å²) in [4.78, 5) is 27.1. The second-order valence-electron chi connectivity index (χ2n) is 5.43. The van der Waals surface area contributed by atoms with Crippen LogP contribution in [0.2, 0.25) is 0 Å². The standard InChI is InChI=1S/C18H14F2N2O3/c1-10(17(23)22-15-9-12(19)6-7-13(15)20)25-18(24)16-8-11-4-2-3-5-14(11)21-16/h2-10,21H,1H3,(H,22,23). The number of rotatable bonds is 4. The second kappa shape index (κ2) is 6.72. The first kappa shape index (κ1) is 16.6. The summed E-state index contributed by atoms with van der Waals surface area (Å²) in [6, 6.07) is 11.6. The monoisotopic (exact) mass is 344 g/mol. The van der Waals surface area contributed by atoms with Gasteiger partial charge in [0, 0.05) is 17.0 Å². The molecule has 0 fully saturated rings. The van der Waals surface area contributed by atoms with Crippen LogP contribution in [0.3, 0.4) is 0 Å². The molecule has 3 rings (SSSR count). The van der Waals surface area contributed by atoms with Crippen molar-refractivity contribution in [1.29, 1.82) is 0 Å². The minimum atomic E-state index is -1.19. The third kappa shape index (κ3) is 3.65. The van der Waals surface area contributed by atoms with E-state index in [0.29, 0.717) is 0 Å². The van der Waals surface area contributed by atoms with Crippen LogP contribution in [0.15, 0.2) is 48.5 Å². The van der Waals surface area contributed by atoms with Gasteiger partial charge in [-0.3, -0.25) is 4.79 Å². The number of halogens is 2. The van der Waals surface area contributed by atoms with Crippen LogP contribution in [0.5, 0.6) is 0 Å². The van der Waals surface area contributed by atoms with Gasteiger partial charge in [0.25, 0.3) is 5.91 Å². The number of esters is 1. The number of hydrogen-bond donors (Lipinski definition) is 2. The Hall–Kier alpha value is -3.22. The summed E-state index contributed by atoms with van der Waals surface area (Å²) in [5.74, 6) is -2.98. The summed E-state index contributed by atoms with van der Waals surface area (Å²) in [6.07, 6.45) is -1.19. The molecule has 0 saturated carbocycles. The Morgan fingerprint density at radius 2 is 1.88 bits per heavy atom. The van der Waals surface area contributed by atoms with Gasteiger partial charge in [-0.1, -0.05) is 18.2 Å². The molecule has 2 aromatic carbocycles. The molecule has 1 atom stereocenters. The fraction of sp³-hybridized carbons (Fsp3) is 0.111. The lowest BCUT2D eigenvalue weighted by atomic mass is 10.2. The van der Waals surface area contributed by atoms with Gasteiger partial charge in [-0.2, -0.15) is 0 Å². The Kier molecular flexibility index (Phi) is 4.47. The third-order valence-electron chi connectivity index (χ3n) is 3.59. The molecule has 5 nitrogen and oxygen atoms in total. The molecule has 128 valence electrons. The summed E-state index contributed by atoms with van der Waals surface area (Å²) in [5.41, 5.74) is 0.629. The van der Waals surface area contributed by atoms with Crippen molar-refractivity contribution in [2.45, 2.75) is 13.0 Å². The van der Waals surface area contributed by atoms with Crippen LogP contribution in [0, 0.1) is 11.6 Å². The van der Waals surface area contributed by atoms with Gasteiger partial charge in [0.2, 0.25) is 0 Å². The molecule has 0 aliphatic heterocycles. The van der Waals surface area contributed by atoms with Crippen molar-refractivity contribution in [3.8, 4) is 0 Å². The number of carbonyl (C=O) groups excluding carboxylic acids is 2. The highest BCUT2D eigenvalue weighted by Gasteiger charge is 2.21. The van der Waals surface area contributed by atoms with Gasteiger partial charge in [0.1, 0.15) is 17.3 Å². The van der Waals surface area contributed by atoms with Crippen molar-refractivity contribution in [3.63, 3.8) is 0 Å². The van der Waals surface area contributed by atoms with E-state index in [-0.39, 0.29) is 11.4 Å². The maximum atomic E-state index is 13.5. The highest BCUT2D eigenvalue weighted by molar-refractivity contribution is 5.98. The highest BCUT2D eigenvalue weighted by atomic mass is 19.1. The molecule has 1 amide bonds. The number of aromatic nitrogens is 1. The van der Waals surface area contributed by atoms with Crippen molar-refractivity contribution in [2.24, 2.45) is 0 Å². The zero-order valence-corrected chi connectivity index (χ0v) is 13.2. The van der Waals surface area contributed by atoms with E-state index >= 15 is 0 Å². The van der Waals surface area contributed by atoms with Crippen LogP contribution in [0.25, 0.3) is 10.9 Å². The Bertz CT molecular complexity index is 919. The number of hydrogen-bond acceptors (Lipinski definition) is 3. The van der Waals surface area contributed by atoms with Gasteiger partial charge in [0.15, 0.2) is 6.10 Å². The Labute approximate surface area is 141 Å². The summed E-state index contributed by atoms with van der Waals surface area (Å²) >= 11 is 0. The van der Waals surface area contributed by atoms with E-state index in [4.69, 9.17) is 4.74 Å². The predicted molar refractivity (Wildman–Crippen MR) is 88.2 cm³/mol. The number of anilines is 1. The molecular formula is C18H14F2N2O3. The maximum Gasteiger partial charge on any atom is 0.355 e. The number of aromatic amines is 1. The average Bonchev–Trinajstić information content (AvgIpc) is 3.02. The fourth-order valence-corrected chi connectivity index (χ4v) is 2.29. The van der Waals surface area contributed by atoms with Crippen molar-refractivity contribution < 1.29 is 23.1 Å². The predicted octanol–water partition coefficient (Wildman–Crippen LogP) is 3.63. The first-order chi connectivity index (χ1) is 11.9. The first-order valence-electron chi connectivity index (χ1n) is 7.48. The van der Waals surface area contributed by atoms with Gasteiger partial charge in [-0.25, -0.2) is 13.6 Å². The van der Waals surface area contributed by atoms with E-state index in [1.54, 1.807) is 12.1 Å². The molecule has 0 aliphatic carbocycles. The summed E-state index contributed by atoms with van der Waals surface area (Å²) in [6.45, 7) is 1.34. The Morgan fingerprint density at radius 3 is 2.64 bits per heavy atom. The van der Waals surface area contributed by atoms with E-state index in [9.17, 15) is 18.4 Å². The van der Waals surface area contributed by atoms with Gasteiger partial charge in [-0.05, 0) is 31.2 Å². The number of nitrogens with one attached hydrogen (secondary N) is 2. The lowest BCUT2D eigenvalue weighted by Gasteiger charge is -2.13. The summed E-state index contributed by atoms with van der Waals surface area (Å²) in [7, 11) is 0. The van der Waals surface area contributed by atoms with Crippen molar-refractivity contribution in [1.82, 2.24) is 4.98 Å². The van der Waals surface area contributed by atoms with Crippen LogP contribution in [-0.2, 0) is 9.53 Å². The van der Waals surface area contributed by atoms with E-state index < -0.39 is 29.6 Å². The van der Waals surface area contributed by atoms with E-state index in [1.165, 1.54) is 6.92 Å². The van der Waals surface area contributed by atoms with Crippen molar-refractivity contribution >= 4 is 28.5 Å². The summed E-state index contributed by atoms with van der Waals surface area (Å²) < 4.78 is 31.7. The van der Waals surface area contributed by atoms with Crippen molar-refractivity contribution in [2.75, 3.05) is 5.32 Å². The number of benzene rings is 2. The second-order valence-corrected chi connectivity index (χ2v) is 5.43. The lowest BCUT2D eigenvalue weighted by molar-refractivity contribution is -0.123. The molecule has 1 unspecified atom stereocenters. The largest absolute Gasteiger partial charge is 0.448 e. The molecule has 0 saturated heterocycles. The minimum Gasteiger partial charge on any atom is -0.448 e. The quantitative estimate of drug-likeness (QED) is 0.710. The zero-order chi connectivity index (χ0) is 18.0. The zero-order valence-electron chi connectivity index (χ0n) is 13.2. The Morgan fingerprint density at radius 1 is 1.12 bits per heavy atom. The fourth-order valence-electron chi connectivity index (χ4n) is 2.29. The first-order valence-corrected chi connectivity index (χ1v) is 7.48. The molecule has 3 aromatic rings. The summed E-state index contributed by atoms with van der Waals surface area (Å²) in [5, 5.41) is 3.02. The molecule has 0 radical (unpaired) electrons. The molecular weight excluding hydrogens is 330 g/mol. The molecule has 25 heavy (non-hydrogen) atoms. The minimum absolute atomic E-state index is 0.192. The van der Waals surface area contributed by atoms with E-state index in [2.05, 4.69) is 10.3 Å². The number of H-pyrrole nitrogens is 1. The van der Waals surface area contributed by atoms with Gasteiger partial charge < -0.3 is 15.0 Å². The SMILES string of the molecule is CC(OC(=O)c1cc2ccccc2[nH]1)C(=O)Nc1cc(F)ccc1F. The number of amides is 1. The molecule has 1 heterocycles. The van der Waals surface area contributed by atoms with Gasteiger partial charge in [-0.15, -0.1) is 0 Å². The van der Waals surface area contributed by atoms with Gasteiger partial charge >= 0.3 is 5.97 Å². The number of carbonyl (C=O) groups is 2. The molecule has 1 aromatic heterocycles. The van der Waals surface area contributed by atoms with Gasteiger partial charge in [0.05, 0.1) is 5.69 Å². The normalized spacial score (nSPS) is 12.0. The van der Waals surface area contributed by atoms with Crippen molar-refractivity contribution in [3.05, 3.63) is 65.9 Å². The Balaban J connectivity index is 1.68. The third-order valence-corrected chi connectivity index (χ3v) is 3.59. The topological polar surface area (TPSA) is 71.2 Å². The van der Waals surface area contributed by atoms with Crippen LogP contribution < -0.4 is 5.32 Å². The molecule has 2 N–H and O–H groups in total. The van der Waals surface area contributed by atoms with Crippen LogP contribution in [-0.4, -0.2) is 23.0 Å². The highest BCUT2D eigenvalue weighted by Crippen LogP contribution is 2.17. The maximum absolute atomic E-state index is 13.5. The van der Waals surface area contributed by atoms with E-state index in [0.717, 1.165) is 29.1 Å².